The van der Waals surface area contributed by atoms with Gasteiger partial charge >= 0.3 is 0 Å². The van der Waals surface area contributed by atoms with Crippen molar-refractivity contribution in [2.24, 2.45) is 5.92 Å². The highest BCUT2D eigenvalue weighted by molar-refractivity contribution is 9.10. The van der Waals surface area contributed by atoms with Crippen molar-refractivity contribution in [1.29, 1.82) is 0 Å². The Hall–Kier alpha value is -0.210. The van der Waals surface area contributed by atoms with Gasteiger partial charge in [0.1, 0.15) is 0 Å². The van der Waals surface area contributed by atoms with E-state index in [2.05, 4.69) is 46.0 Å². The molecule has 0 spiro atoms. The van der Waals surface area contributed by atoms with Crippen LogP contribution in [0.25, 0.3) is 0 Å². The van der Waals surface area contributed by atoms with E-state index in [-0.39, 0.29) is 0 Å². The molecule has 1 nitrogen and oxygen atoms in total. The van der Waals surface area contributed by atoms with Crippen molar-refractivity contribution in [3.63, 3.8) is 0 Å². The molecular weight excluding hydrogens is 322 g/mol. The molecule has 0 aromatic heterocycles. The quantitative estimate of drug-likeness (QED) is 0.643. The van der Waals surface area contributed by atoms with Crippen LogP contribution in [-0.4, -0.2) is 13.1 Å². The van der Waals surface area contributed by atoms with Crippen molar-refractivity contribution >= 4 is 33.2 Å². The van der Waals surface area contributed by atoms with Gasteiger partial charge < -0.3 is 4.90 Å². The van der Waals surface area contributed by atoms with Crippen LogP contribution in [0, 0.1) is 5.92 Å². The van der Waals surface area contributed by atoms with Crippen LogP contribution >= 0.6 is 27.5 Å². The van der Waals surface area contributed by atoms with Gasteiger partial charge in [0.2, 0.25) is 0 Å². The summed E-state index contributed by atoms with van der Waals surface area (Å²) in [5.41, 5.74) is 2.50. The minimum atomic E-state index is 0.581. The zero-order valence-electron chi connectivity index (χ0n) is 11.7. The molecule has 0 radical (unpaired) electrons. The van der Waals surface area contributed by atoms with E-state index in [0.29, 0.717) is 5.88 Å². The van der Waals surface area contributed by atoms with Crippen LogP contribution < -0.4 is 4.90 Å². The number of hydrogen-bond donors (Lipinski definition) is 0. The molecule has 1 fully saturated rings. The Kier molecular flexibility index (Phi) is 6.03. The maximum atomic E-state index is 5.88. The van der Waals surface area contributed by atoms with Crippen LogP contribution in [0.2, 0.25) is 0 Å². The summed E-state index contributed by atoms with van der Waals surface area (Å²) in [4.78, 5) is 2.53. The average Bonchev–Trinajstić information content (AvgIpc) is 2.65. The fraction of sp³-hybridized carbons (Fsp3) is 0.625. The van der Waals surface area contributed by atoms with Crippen molar-refractivity contribution in [3.8, 4) is 0 Å². The minimum absolute atomic E-state index is 0.581. The van der Waals surface area contributed by atoms with E-state index >= 15 is 0 Å². The van der Waals surface area contributed by atoms with E-state index in [1.165, 1.54) is 60.9 Å². The van der Waals surface area contributed by atoms with E-state index in [0.717, 1.165) is 5.92 Å². The summed E-state index contributed by atoms with van der Waals surface area (Å²) in [6.07, 6.45) is 6.74. The van der Waals surface area contributed by atoms with E-state index in [1.54, 1.807) is 0 Å². The number of halogens is 2. The largest absolute Gasteiger partial charge is 0.371 e. The summed E-state index contributed by atoms with van der Waals surface area (Å²) < 4.78 is 1.18. The third-order valence-corrected chi connectivity index (χ3v) is 5.00. The lowest BCUT2D eigenvalue weighted by atomic mass is 9.96. The highest BCUT2D eigenvalue weighted by Crippen LogP contribution is 2.31. The minimum Gasteiger partial charge on any atom is -0.371 e. The van der Waals surface area contributed by atoms with Crippen molar-refractivity contribution in [3.05, 3.63) is 28.2 Å². The van der Waals surface area contributed by atoms with Gasteiger partial charge in [-0.2, -0.15) is 0 Å². The Morgan fingerprint density at radius 2 is 2.16 bits per heavy atom. The van der Waals surface area contributed by atoms with Crippen molar-refractivity contribution in [2.75, 3.05) is 18.0 Å². The molecule has 0 N–H and O–H groups in total. The zero-order valence-corrected chi connectivity index (χ0v) is 14.0. The lowest BCUT2D eigenvalue weighted by Crippen LogP contribution is -2.24. The molecule has 19 heavy (non-hydrogen) atoms. The molecule has 1 aromatic rings. The molecule has 0 saturated carbocycles. The van der Waals surface area contributed by atoms with E-state index in [1.807, 2.05) is 0 Å². The number of nitrogens with zero attached hydrogens (tertiary/aromatic N) is 1. The number of alkyl halides is 1. The molecule has 0 bridgehead atoms. The molecule has 0 amide bonds. The molecule has 1 aromatic carbocycles. The Balaban J connectivity index is 2.05. The second-order valence-electron chi connectivity index (χ2n) is 5.49. The van der Waals surface area contributed by atoms with Gasteiger partial charge in [-0.05, 0) is 58.8 Å². The van der Waals surface area contributed by atoms with Crippen LogP contribution in [0.15, 0.2) is 22.7 Å². The Morgan fingerprint density at radius 1 is 1.32 bits per heavy atom. The lowest BCUT2D eigenvalue weighted by Gasteiger charge is -2.24. The number of anilines is 1. The topological polar surface area (TPSA) is 3.24 Å². The first-order valence-electron chi connectivity index (χ1n) is 7.34. The third-order valence-electron chi connectivity index (χ3n) is 4.05. The lowest BCUT2D eigenvalue weighted by molar-refractivity contribution is 0.435. The Bertz CT molecular complexity index is 408. The monoisotopic (exact) mass is 343 g/mol. The molecule has 2 rings (SSSR count). The summed E-state index contributed by atoms with van der Waals surface area (Å²) in [5.74, 6) is 1.51. The predicted molar refractivity (Wildman–Crippen MR) is 88.2 cm³/mol. The highest BCUT2D eigenvalue weighted by atomic mass is 79.9. The standard InChI is InChI=1S/C16H23BrClN/c1-2-4-13-5-3-9-19(10-8-13)16-7-6-14(12-18)11-15(16)17/h6-7,11,13H,2-5,8-10,12H2,1H3. The second-order valence-corrected chi connectivity index (χ2v) is 6.61. The molecule has 3 heteroatoms. The maximum absolute atomic E-state index is 5.88. The molecule has 106 valence electrons. The average molecular weight is 345 g/mol. The molecule has 1 saturated heterocycles. The van der Waals surface area contributed by atoms with Crippen LogP contribution in [0.1, 0.15) is 44.6 Å². The smallest absolute Gasteiger partial charge is 0.0510 e. The molecule has 1 aliphatic rings. The van der Waals surface area contributed by atoms with E-state index < -0.39 is 0 Å². The number of benzene rings is 1. The first-order chi connectivity index (χ1) is 9.24. The van der Waals surface area contributed by atoms with Crippen LogP contribution in [0.5, 0.6) is 0 Å². The zero-order chi connectivity index (χ0) is 13.7. The van der Waals surface area contributed by atoms with Gasteiger partial charge in [-0.3, -0.25) is 0 Å². The van der Waals surface area contributed by atoms with Crippen molar-refractivity contribution < 1.29 is 0 Å². The number of hydrogen-bond acceptors (Lipinski definition) is 1. The molecule has 1 unspecified atom stereocenters. The first kappa shape index (κ1) is 15.2. The molecular formula is C16H23BrClN. The van der Waals surface area contributed by atoms with Gasteiger partial charge in [-0.1, -0.05) is 25.8 Å². The summed E-state index contributed by atoms with van der Waals surface area (Å²) in [7, 11) is 0. The summed E-state index contributed by atoms with van der Waals surface area (Å²) in [6, 6.07) is 6.50. The Morgan fingerprint density at radius 3 is 2.84 bits per heavy atom. The number of rotatable bonds is 4. The van der Waals surface area contributed by atoms with Gasteiger partial charge in [-0.25, -0.2) is 0 Å². The van der Waals surface area contributed by atoms with Crippen LogP contribution in [0.4, 0.5) is 5.69 Å². The van der Waals surface area contributed by atoms with Crippen molar-refractivity contribution in [2.45, 2.75) is 44.9 Å². The highest BCUT2D eigenvalue weighted by Gasteiger charge is 2.18. The van der Waals surface area contributed by atoms with Gasteiger partial charge in [0.25, 0.3) is 0 Å². The normalized spacial score (nSPS) is 20.4. The maximum Gasteiger partial charge on any atom is 0.0510 e. The fourth-order valence-electron chi connectivity index (χ4n) is 2.99. The predicted octanol–water partition coefficient (Wildman–Crippen LogP) is 5.59. The van der Waals surface area contributed by atoms with Gasteiger partial charge in [0.15, 0.2) is 0 Å². The summed E-state index contributed by atoms with van der Waals surface area (Å²) in [5, 5.41) is 0. The Labute approximate surface area is 130 Å². The van der Waals surface area contributed by atoms with Crippen molar-refractivity contribution in [1.82, 2.24) is 0 Å². The van der Waals surface area contributed by atoms with E-state index in [9.17, 15) is 0 Å². The summed E-state index contributed by atoms with van der Waals surface area (Å²) >= 11 is 9.58. The molecule has 0 aliphatic carbocycles. The first-order valence-corrected chi connectivity index (χ1v) is 8.66. The van der Waals surface area contributed by atoms with Gasteiger partial charge in [0, 0.05) is 23.4 Å². The van der Waals surface area contributed by atoms with Crippen LogP contribution in [-0.2, 0) is 5.88 Å². The van der Waals surface area contributed by atoms with Crippen LogP contribution in [0.3, 0.4) is 0 Å². The third kappa shape index (κ3) is 4.13. The second kappa shape index (κ2) is 7.54. The SMILES string of the molecule is CCCC1CCCN(c2ccc(CCl)cc2Br)CC1. The van der Waals surface area contributed by atoms with Gasteiger partial charge in [-0.15, -0.1) is 11.6 Å². The molecule has 1 atom stereocenters. The summed E-state index contributed by atoms with van der Waals surface area (Å²) in [6.45, 7) is 4.66. The van der Waals surface area contributed by atoms with Gasteiger partial charge in [0.05, 0.1) is 5.69 Å². The molecule has 1 aliphatic heterocycles. The molecule has 1 heterocycles. The fourth-order valence-corrected chi connectivity index (χ4v) is 3.84. The van der Waals surface area contributed by atoms with E-state index in [4.69, 9.17) is 11.6 Å².